The Morgan fingerprint density at radius 3 is 2.34 bits per heavy atom. The highest BCUT2D eigenvalue weighted by Crippen LogP contribution is 2.52. The molecule has 2 aromatic carbocycles. The van der Waals surface area contributed by atoms with Crippen LogP contribution in [0.1, 0.15) is 60.2 Å². The van der Waals surface area contributed by atoms with Gasteiger partial charge in [0.25, 0.3) is 0 Å². The number of hydrogen-bond acceptors (Lipinski definition) is 9. The number of phenolic OH excluding ortho intramolecular Hbond substituents is 1. The number of hydrogen-bond donors (Lipinski definition) is 3. The molecule has 3 saturated carbocycles. The average molecular weight is 664 g/mol. The molecule has 0 radical (unpaired) electrons. The molecule has 0 aromatic heterocycles. The SMILES string of the molecule is CN(C)[C@@H]1C(=O)C(C(N)=O)C(=O)[C@@]2(O)C(=O)C3C(=O)c4c(O)cc(CN(CC5CC5)CC(C)(C)c5ccccc5)c(Cl)c4C[C@H]3C[C@@H]12. The van der Waals surface area contributed by atoms with E-state index >= 15 is 0 Å². The summed E-state index contributed by atoms with van der Waals surface area (Å²) in [4.78, 5) is 70.9. The van der Waals surface area contributed by atoms with E-state index in [1.807, 2.05) is 18.2 Å². The van der Waals surface area contributed by atoms with Crippen LogP contribution in [0.3, 0.4) is 0 Å². The largest absolute Gasteiger partial charge is 0.507 e. The highest BCUT2D eigenvalue weighted by Gasteiger charge is 2.69. The summed E-state index contributed by atoms with van der Waals surface area (Å²) in [5.74, 6) is -10.2. The van der Waals surface area contributed by atoms with E-state index in [1.165, 1.54) is 16.5 Å². The molecular formula is C36H42ClN3O7. The molecule has 250 valence electrons. The Kier molecular flexibility index (Phi) is 8.48. The second-order valence-corrected chi connectivity index (χ2v) is 15.3. The van der Waals surface area contributed by atoms with Crippen LogP contribution in [0.25, 0.3) is 0 Å². The lowest BCUT2D eigenvalue weighted by Gasteiger charge is -2.52. The van der Waals surface area contributed by atoms with Crippen LogP contribution in [0.15, 0.2) is 36.4 Å². The van der Waals surface area contributed by atoms with Crippen LogP contribution in [0, 0.1) is 29.6 Å². The summed E-state index contributed by atoms with van der Waals surface area (Å²) >= 11 is 7.07. The molecule has 0 saturated heterocycles. The monoisotopic (exact) mass is 663 g/mol. The smallest absolute Gasteiger partial charge is 0.235 e. The molecule has 4 N–H and O–H groups in total. The fourth-order valence-corrected chi connectivity index (χ4v) is 8.74. The Balaban J connectivity index is 1.35. The van der Waals surface area contributed by atoms with E-state index in [9.17, 15) is 34.2 Å². The van der Waals surface area contributed by atoms with Crippen molar-refractivity contribution in [3.05, 3.63) is 63.7 Å². The van der Waals surface area contributed by atoms with Gasteiger partial charge in [0.1, 0.15) is 5.75 Å². The summed E-state index contributed by atoms with van der Waals surface area (Å²) in [6, 6.07) is 10.6. The third-order valence-corrected chi connectivity index (χ3v) is 11.3. The summed E-state index contributed by atoms with van der Waals surface area (Å²) < 4.78 is 0. The van der Waals surface area contributed by atoms with Crippen molar-refractivity contribution in [1.29, 1.82) is 0 Å². The molecule has 0 aliphatic heterocycles. The van der Waals surface area contributed by atoms with E-state index in [0.717, 1.165) is 25.9 Å². The van der Waals surface area contributed by atoms with Crippen molar-refractivity contribution in [2.24, 2.45) is 35.3 Å². The number of carbonyl (C=O) groups excluding carboxylic acids is 5. The number of aliphatic hydroxyl groups is 1. The number of ketones is 4. The van der Waals surface area contributed by atoms with Crippen LogP contribution >= 0.6 is 11.6 Å². The molecule has 0 bridgehead atoms. The predicted octanol–water partition coefficient (Wildman–Crippen LogP) is 2.71. The van der Waals surface area contributed by atoms with E-state index in [2.05, 4.69) is 30.9 Å². The lowest BCUT2D eigenvalue weighted by atomic mass is 9.52. The number of primary amides is 1. The molecule has 3 fully saturated rings. The first-order valence-corrected chi connectivity index (χ1v) is 16.6. The van der Waals surface area contributed by atoms with Gasteiger partial charge < -0.3 is 15.9 Å². The molecule has 10 nitrogen and oxygen atoms in total. The number of amides is 1. The number of nitrogens with zero attached hydrogens (tertiary/aromatic N) is 2. The van der Waals surface area contributed by atoms with E-state index in [4.69, 9.17) is 17.3 Å². The highest BCUT2D eigenvalue weighted by molar-refractivity contribution is 6.34. The number of phenols is 1. The summed E-state index contributed by atoms with van der Waals surface area (Å²) in [5, 5.41) is 23.4. The van der Waals surface area contributed by atoms with Crippen molar-refractivity contribution in [3.8, 4) is 5.75 Å². The van der Waals surface area contributed by atoms with Crippen molar-refractivity contribution >= 4 is 40.6 Å². The lowest BCUT2D eigenvalue weighted by Crippen LogP contribution is -2.74. The molecule has 0 heterocycles. The first kappa shape index (κ1) is 33.5. The normalized spacial score (nSPS) is 29.1. The third-order valence-electron chi connectivity index (χ3n) is 10.9. The van der Waals surface area contributed by atoms with Crippen LogP contribution < -0.4 is 5.73 Å². The van der Waals surface area contributed by atoms with Gasteiger partial charge in [-0.25, -0.2) is 0 Å². The highest BCUT2D eigenvalue weighted by atomic mass is 35.5. The fraction of sp³-hybridized carbons (Fsp3) is 0.528. The Bertz CT molecular complexity index is 1670. The van der Waals surface area contributed by atoms with E-state index in [-0.39, 0.29) is 29.6 Å². The zero-order chi connectivity index (χ0) is 34.2. The molecular weight excluding hydrogens is 622 g/mol. The Morgan fingerprint density at radius 1 is 1.09 bits per heavy atom. The molecule has 2 unspecified atom stereocenters. The first-order valence-electron chi connectivity index (χ1n) is 16.2. The number of fused-ring (bicyclic) bond motifs is 3. The maximum atomic E-state index is 14.1. The molecule has 2 aromatic rings. The molecule has 1 amide bonds. The summed E-state index contributed by atoms with van der Waals surface area (Å²) in [7, 11) is 3.12. The van der Waals surface area contributed by atoms with Crippen molar-refractivity contribution in [2.75, 3.05) is 27.2 Å². The Morgan fingerprint density at radius 2 is 1.74 bits per heavy atom. The molecule has 4 aliphatic carbocycles. The van der Waals surface area contributed by atoms with Gasteiger partial charge in [-0.2, -0.15) is 0 Å². The fourth-order valence-electron chi connectivity index (χ4n) is 8.45. The minimum Gasteiger partial charge on any atom is -0.507 e. The second-order valence-electron chi connectivity index (χ2n) is 14.9. The topological polar surface area (TPSA) is 158 Å². The molecule has 6 atom stereocenters. The van der Waals surface area contributed by atoms with Gasteiger partial charge >= 0.3 is 0 Å². The molecule has 47 heavy (non-hydrogen) atoms. The van der Waals surface area contributed by atoms with Gasteiger partial charge in [-0.15, -0.1) is 0 Å². The minimum atomic E-state index is -2.76. The second kappa shape index (κ2) is 11.9. The van der Waals surface area contributed by atoms with Crippen molar-refractivity contribution in [1.82, 2.24) is 9.80 Å². The van der Waals surface area contributed by atoms with Crippen molar-refractivity contribution in [3.63, 3.8) is 0 Å². The number of nitrogens with two attached hydrogens (primary N) is 1. The maximum absolute atomic E-state index is 14.1. The van der Waals surface area contributed by atoms with Gasteiger partial charge in [-0.3, -0.25) is 33.8 Å². The molecule has 11 heteroatoms. The summed E-state index contributed by atoms with van der Waals surface area (Å²) in [6.07, 6.45) is 2.42. The van der Waals surface area contributed by atoms with E-state index < -0.39 is 64.4 Å². The number of halogens is 1. The number of carbonyl (C=O) groups is 5. The molecule has 4 aliphatic rings. The average Bonchev–Trinajstić information content (AvgIpc) is 3.81. The van der Waals surface area contributed by atoms with Gasteiger partial charge in [-0.1, -0.05) is 55.8 Å². The quantitative estimate of drug-likeness (QED) is 0.343. The van der Waals surface area contributed by atoms with Crippen LogP contribution in [0.5, 0.6) is 5.75 Å². The van der Waals surface area contributed by atoms with Gasteiger partial charge in [-0.05, 0) is 74.4 Å². The third kappa shape index (κ3) is 5.53. The van der Waals surface area contributed by atoms with Crippen LogP contribution in [-0.2, 0) is 37.6 Å². The lowest BCUT2D eigenvalue weighted by molar-refractivity contribution is -0.181. The van der Waals surface area contributed by atoms with E-state index in [0.29, 0.717) is 28.6 Å². The molecule has 0 spiro atoms. The van der Waals surface area contributed by atoms with Crippen molar-refractivity contribution in [2.45, 2.75) is 63.1 Å². The zero-order valence-corrected chi connectivity index (χ0v) is 27.9. The maximum Gasteiger partial charge on any atom is 0.235 e. The van der Waals surface area contributed by atoms with Gasteiger partial charge in [0, 0.05) is 36.0 Å². The van der Waals surface area contributed by atoms with Gasteiger partial charge in [0.2, 0.25) is 5.91 Å². The number of aromatic hydroxyl groups is 1. The predicted molar refractivity (Wildman–Crippen MR) is 174 cm³/mol. The van der Waals surface area contributed by atoms with Crippen molar-refractivity contribution < 1.29 is 34.2 Å². The van der Waals surface area contributed by atoms with Crippen LogP contribution in [-0.4, -0.2) is 87.9 Å². The van der Waals surface area contributed by atoms with Crippen LogP contribution in [0.2, 0.25) is 5.02 Å². The van der Waals surface area contributed by atoms with Gasteiger partial charge in [0.15, 0.2) is 34.7 Å². The number of Topliss-reactive ketones (excluding diaryl/α,β-unsaturated/α-hetero) is 4. The Hall–Kier alpha value is -3.44. The standard InChI is InChI=1S/C36H42ClN3O7/c1-35(2,21-8-6-5-7-9-21)17-40(15-18-10-11-18)16-20-14-24(41)26-22(28(20)37)12-19-13-23-29(39(3)4)31(43)27(34(38)46)33(45)36(23,47)32(44)25(19)30(26)42/h5-9,14,18-19,23,25,27,29,41,47H,10-13,15-17H2,1-4H3,(H2,38,46)/t19-,23-,25?,27?,29-,36-/m0/s1. The Labute approximate surface area is 279 Å². The number of rotatable bonds is 9. The van der Waals surface area contributed by atoms with Gasteiger partial charge in [0.05, 0.1) is 17.5 Å². The summed E-state index contributed by atoms with van der Waals surface area (Å²) in [6.45, 7) is 6.43. The number of benzene rings is 2. The summed E-state index contributed by atoms with van der Waals surface area (Å²) in [5.41, 5.74) is 4.66. The number of likely N-dealkylation sites (N-methyl/N-ethyl adjacent to an activating group) is 1. The van der Waals surface area contributed by atoms with Crippen LogP contribution in [0.4, 0.5) is 0 Å². The molecule has 6 rings (SSSR count). The van der Waals surface area contributed by atoms with E-state index in [1.54, 1.807) is 14.1 Å². The first-order chi connectivity index (χ1) is 22.1. The minimum absolute atomic E-state index is 0.0235. The zero-order valence-electron chi connectivity index (χ0n) is 27.2.